The molecule has 5 heteroatoms. The van der Waals surface area contributed by atoms with E-state index < -0.39 is 0 Å². The fourth-order valence-electron chi connectivity index (χ4n) is 2.24. The van der Waals surface area contributed by atoms with E-state index in [1.54, 1.807) is 18.0 Å². The van der Waals surface area contributed by atoms with Crippen molar-refractivity contribution in [2.45, 2.75) is 26.8 Å². The highest BCUT2D eigenvalue weighted by molar-refractivity contribution is 6.29. The van der Waals surface area contributed by atoms with Crippen molar-refractivity contribution in [2.24, 2.45) is 5.92 Å². The van der Waals surface area contributed by atoms with Gasteiger partial charge in [-0.25, -0.2) is 4.98 Å². The predicted molar refractivity (Wildman–Crippen MR) is 74.3 cm³/mol. The largest absolute Gasteiger partial charge is 0.343 e. The van der Waals surface area contributed by atoms with E-state index in [9.17, 15) is 4.79 Å². The summed E-state index contributed by atoms with van der Waals surface area (Å²) in [6.45, 7) is 6.95. The Balaban J connectivity index is 2.50. The maximum Gasteiger partial charge on any atom is 0.249 e. The number of likely N-dealkylation sites (N-methyl/N-ethyl adjacent to an activating group) is 1. The molecule has 1 aliphatic heterocycles. The monoisotopic (exact) mass is 267 g/mol. The van der Waals surface area contributed by atoms with Crippen LogP contribution in [0.15, 0.2) is 12.1 Å². The number of hydrogen-bond donors (Lipinski definition) is 0. The minimum absolute atomic E-state index is 0.0901. The molecule has 1 aromatic heterocycles. The molecule has 0 saturated carbocycles. The fraction of sp³-hybridized carbons (Fsp3) is 0.538. The van der Waals surface area contributed by atoms with Crippen LogP contribution in [0.5, 0.6) is 0 Å². The zero-order chi connectivity index (χ0) is 13.4. The van der Waals surface area contributed by atoms with Crippen LogP contribution in [0.25, 0.3) is 0 Å². The van der Waals surface area contributed by atoms with Gasteiger partial charge in [-0.3, -0.25) is 4.79 Å². The van der Waals surface area contributed by atoms with Gasteiger partial charge in [-0.2, -0.15) is 0 Å². The number of aromatic nitrogens is 1. The van der Waals surface area contributed by atoms with E-state index in [4.69, 9.17) is 11.6 Å². The van der Waals surface area contributed by atoms with E-state index in [1.807, 2.05) is 17.9 Å². The number of anilines is 2. The van der Waals surface area contributed by atoms with Crippen molar-refractivity contribution in [3.05, 3.63) is 17.3 Å². The van der Waals surface area contributed by atoms with E-state index in [2.05, 4.69) is 18.8 Å². The number of carbonyl (C=O) groups is 1. The van der Waals surface area contributed by atoms with Crippen molar-refractivity contribution >= 4 is 29.0 Å². The molecule has 0 N–H and O–H groups in total. The first kappa shape index (κ1) is 13.1. The van der Waals surface area contributed by atoms with Crippen molar-refractivity contribution in [1.29, 1.82) is 0 Å². The van der Waals surface area contributed by atoms with Gasteiger partial charge in [0, 0.05) is 13.6 Å². The average Bonchev–Trinajstić information content (AvgIpc) is 2.31. The van der Waals surface area contributed by atoms with Gasteiger partial charge in [0.1, 0.15) is 11.2 Å². The van der Waals surface area contributed by atoms with Crippen molar-refractivity contribution < 1.29 is 4.79 Å². The van der Waals surface area contributed by atoms with E-state index in [0.717, 1.165) is 18.1 Å². The lowest BCUT2D eigenvalue weighted by molar-refractivity contribution is -0.119. The van der Waals surface area contributed by atoms with Gasteiger partial charge < -0.3 is 9.80 Å². The number of carbonyl (C=O) groups excluding carboxylic acids is 1. The minimum atomic E-state index is -0.198. The van der Waals surface area contributed by atoms with Crippen molar-refractivity contribution in [2.75, 3.05) is 23.4 Å². The molecule has 1 atom stereocenters. The molecule has 0 aromatic carbocycles. The van der Waals surface area contributed by atoms with Gasteiger partial charge in [0.05, 0.1) is 5.69 Å². The molecule has 0 bridgehead atoms. The summed E-state index contributed by atoms with van der Waals surface area (Å²) in [5.41, 5.74) is 0.822. The maximum absolute atomic E-state index is 12.2. The van der Waals surface area contributed by atoms with E-state index >= 15 is 0 Å². The normalized spacial score (nSPS) is 19.4. The first-order valence-electron chi connectivity index (χ1n) is 6.12. The molecular formula is C13H18ClN3O. The molecule has 1 amide bonds. The molecule has 1 unspecified atom stereocenters. The molecule has 0 radical (unpaired) electrons. The minimum Gasteiger partial charge on any atom is -0.343 e. The molecule has 2 rings (SSSR count). The highest BCUT2D eigenvalue weighted by atomic mass is 35.5. The Bertz CT molecular complexity index is 475. The van der Waals surface area contributed by atoms with Crippen LogP contribution >= 0.6 is 11.6 Å². The van der Waals surface area contributed by atoms with Gasteiger partial charge in [0.15, 0.2) is 5.82 Å². The third kappa shape index (κ3) is 2.17. The summed E-state index contributed by atoms with van der Waals surface area (Å²) in [4.78, 5) is 20.3. The van der Waals surface area contributed by atoms with Crippen LogP contribution in [-0.2, 0) is 4.79 Å². The highest BCUT2D eigenvalue weighted by Gasteiger charge is 2.34. The topological polar surface area (TPSA) is 36.4 Å². The Labute approximate surface area is 113 Å². The van der Waals surface area contributed by atoms with E-state index in [1.165, 1.54) is 0 Å². The zero-order valence-corrected chi connectivity index (χ0v) is 11.9. The average molecular weight is 268 g/mol. The van der Waals surface area contributed by atoms with Gasteiger partial charge in [-0.1, -0.05) is 25.4 Å². The van der Waals surface area contributed by atoms with Crippen LogP contribution < -0.4 is 9.80 Å². The molecule has 2 heterocycles. The second-order valence-electron chi connectivity index (χ2n) is 5.10. The second-order valence-corrected chi connectivity index (χ2v) is 5.48. The van der Waals surface area contributed by atoms with Crippen LogP contribution in [-0.4, -0.2) is 30.5 Å². The summed E-state index contributed by atoms with van der Waals surface area (Å²) in [5, 5.41) is 0.456. The first-order valence-corrected chi connectivity index (χ1v) is 6.50. The summed E-state index contributed by atoms with van der Waals surface area (Å²) in [6, 6.07) is 3.37. The molecule has 98 valence electrons. The molecule has 0 aliphatic carbocycles. The first-order chi connectivity index (χ1) is 8.41. The van der Waals surface area contributed by atoms with Crippen LogP contribution in [0.4, 0.5) is 11.5 Å². The number of nitrogens with zero attached hydrogens (tertiary/aromatic N) is 3. The number of amides is 1. The number of hydrogen-bond acceptors (Lipinski definition) is 3. The lowest BCUT2D eigenvalue weighted by Gasteiger charge is -2.40. The van der Waals surface area contributed by atoms with E-state index in [0.29, 0.717) is 11.1 Å². The fourth-order valence-corrected chi connectivity index (χ4v) is 2.39. The number of pyridine rings is 1. The smallest absolute Gasteiger partial charge is 0.249 e. The molecule has 4 nitrogen and oxygen atoms in total. The quantitative estimate of drug-likeness (QED) is 0.773. The van der Waals surface area contributed by atoms with E-state index in [-0.39, 0.29) is 11.9 Å². The Morgan fingerprint density at radius 2 is 2.11 bits per heavy atom. The predicted octanol–water partition coefficient (Wildman–Crippen LogP) is 2.56. The number of rotatable bonds is 2. The SMILES string of the molecule is CC(C)CN1c2nc(Cl)ccc2N(C)C(=O)C1C. The Morgan fingerprint density at radius 3 is 2.72 bits per heavy atom. The number of fused-ring (bicyclic) bond motifs is 1. The van der Waals surface area contributed by atoms with Crippen molar-refractivity contribution in [1.82, 2.24) is 4.98 Å². The lowest BCUT2D eigenvalue weighted by atomic mass is 10.1. The van der Waals surface area contributed by atoms with Crippen LogP contribution in [0.1, 0.15) is 20.8 Å². The standard InChI is InChI=1S/C13H18ClN3O/c1-8(2)7-17-9(3)13(18)16(4)10-5-6-11(14)15-12(10)17/h5-6,8-9H,7H2,1-4H3. The second kappa shape index (κ2) is 4.76. The third-order valence-electron chi connectivity index (χ3n) is 3.17. The van der Waals surface area contributed by atoms with Crippen molar-refractivity contribution in [3.63, 3.8) is 0 Å². The zero-order valence-electron chi connectivity index (χ0n) is 11.1. The molecular weight excluding hydrogens is 250 g/mol. The molecule has 1 aromatic rings. The number of halogens is 1. The molecule has 1 aliphatic rings. The molecule has 0 spiro atoms. The maximum atomic E-state index is 12.2. The summed E-state index contributed by atoms with van der Waals surface area (Å²) in [5.74, 6) is 1.34. The Morgan fingerprint density at radius 1 is 1.44 bits per heavy atom. The summed E-state index contributed by atoms with van der Waals surface area (Å²) in [7, 11) is 1.78. The lowest BCUT2D eigenvalue weighted by Crippen LogP contribution is -2.52. The van der Waals surface area contributed by atoms with Gasteiger partial charge >= 0.3 is 0 Å². The third-order valence-corrected chi connectivity index (χ3v) is 3.38. The molecule has 0 saturated heterocycles. The van der Waals surface area contributed by atoms with Crippen LogP contribution in [0, 0.1) is 5.92 Å². The van der Waals surface area contributed by atoms with Crippen LogP contribution in [0.2, 0.25) is 5.15 Å². The van der Waals surface area contributed by atoms with Crippen molar-refractivity contribution in [3.8, 4) is 0 Å². The van der Waals surface area contributed by atoms with Gasteiger partial charge in [-0.05, 0) is 25.0 Å². The summed E-state index contributed by atoms with van der Waals surface area (Å²) in [6.07, 6.45) is 0. The summed E-state index contributed by atoms with van der Waals surface area (Å²) >= 11 is 5.97. The van der Waals surface area contributed by atoms with Gasteiger partial charge in [0.25, 0.3) is 0 Å². The van der Waals surface area contributed by atoms with Gasteiger partial charge in [-0.15, -0.1) is 0 Å². The summed E-state index contributed by atoms with van der Waals surface area (Å²) < 4.78 is 0. The highest BCUT2D eigenvalue weighted by Crippen LogP contribution is 2.34. The van der Waals surface area contributed by atoms with Crippen LogP contribution in [0.3, 0.4) is 0 Å². The van der Waals surface area contributed by atoms with Gasteiger partial charge in [0.2, 0.25) is 5.91 Å². The molecule has 18 heavy (non-hydrogen) atoms. The Kier molecular flexibility index (Phi) is 3.48. The Hall–Kier alpha value is -1.29. The molecule has 0 fully saturated rings.